The average Bonchev–Trinajstić information content (AvgIpc) is 2.34. The van der Waals surface area contributed by atoms with Gasteiger partial charge in [0.05, 0.1) is 5.75 Å². The van der Waals surface area contributed by atoms with Crippen molar-refractivity contribution in [3.05, 3.63) is 12.4 Å². The van der Waals surface area contributed by atoms with Gasteiger partial charge in [0.15, 0.2) is 0 Å². The first-order chi connectivity index (χ1) is 5.99. The molecule has 0 saturated carbocycles. The molecule has 0 bridgehead atoms. The molecule has 74 valence electrons. The Bertz CT molecular complexity index is 369. The smallest absolute Gasteiger partial charge is 0.202 e. The van der Waals surface area contributed by atoms with E-state index in [2.05, 4.69) is 10.3 Å². The molecule has 0 spiro atoms. The van der Waals surface area contributed by atoms with Gasteiger partial charge in [-0.05, 0) is 0 Å². The second-order valence-electron chi connectivity index (χ2n) is 2.92. The van der Waals surface area contributed by atoms with E-state index in [0.29, 0.717) is 12.5 Å². The molecule has 6 heteroatoms. The molecule has 1 N–H and O–H groups in total. The maximum Gasteiger partial charge on any atom is 0.202 e. The summed E-state index contributed by atoms with van der Waals surface area (Å²) in [4.78, 5) is 3.99. The zero-order valence-corrected chi connectivity index (χ0v) is 8.50. The van der Waals surface area contributed by atoms with Crippen LogP contribution in [-0.4, -0.2) is 36.5 Å². The Balaban J connectivity index is 2.41. The third kappa shape index (κ3) is 3.45. The molecule has 1 aromatic rings. The fraction of sp³-hybridized carbons (Fsp3) is 0.571. The monoisotopic (exact) mass is 203 g/mol. The third-order valence-corrected chi connectivity index (χ3v) is 2.52. The van der Waals surface area contributed by atoms with Crippen molar-refractivity contribution in [3.8, 4) is 0 Å². The number of hydrogen-bond donors (Lipinski definition) is 1. The summed E-state index contributed by atoms with van der Waals surface area (Å²) in [5.41, 5.74) is 0. The summed E-state index contributed by atoms with van der Waals surface area (Å²) >= 11 is 0. The van der Waals surface area contributed by atoms with Crippen molar-refractivity contribution in [2.45, 2.75) is 0 Å². The molecule has 1 heterocycles. The van der Waals surface area contributed by atoms with Crippen LogP contribution in [0.25, 0.3) is 0 Å². The van der Waals surface area contributed by atoms with Crippen LogP contribution in [0, 0.1) is 0 Å². The number of hydrogen-bond acceptors (Lipinski definition) is 4. The predicted molar refractivity (Wildman–Crippen MR) is 51.4 cm³/mol. The van der Waals surface area contributed by atoms with E-state index in [9.17, 15) is 8.42 Å². The minimum atomic E-state index is -2.89. The van der Waals surface area contributed by atoms with Gasteiger partial charge in [-0.2, -0.15) is 0 Å². The molecule has 0 atom stereocenters. The van der Waals surface area contributed by atoms with Crippen LogP contribution in [0.5, 0.6) is 0 Å². The highest BCUT2D eigenvalue weighted by Crippen LogP contribution is 1.99. The fourth-order valence-corrected chi connectivity index (χ4v) is 1.36. The summed E-state index contributed by atoms with van der Waals surface area (Å²) in [5.74, 6) is 0.809. The van der Waals surface area contributed by atoms with Gasteiger partial charge in [-0.1, -0.05) is 0 Å². The number of imidazole rings is 1. The van der Waals surface area contributed by atoms with Gasteiger partial charge in [0.2, 0.25) is 5.95 Å². The second-order valence-corrected chi connectivity index (χ2v) is 5.18. The number of sulfone groups is 1. The second kappa shape index (κ2) is 3.78. The molecular formula is C7H13N3O2S. The molecule has 0 fully saturated rings. The molecule has 0 unspecified atom stereocenters. The third-order valence-electron chi connectivity index (χ3n) is 1.58. The lowest BCUT2D eigenvalue weighted by atomic mass is 10.7. The van der Waals surface area contributed by atoms with Crippen molar-refractivity contribution in [2.75, 3.05) is 23.9 Å². The number of aromatic nitrogens is 2. The molecule has 0 radical (unpaired) electrons. The first-order valence-corrected chi connectivity index (χ1v) is 5.94. The Morgan fingerprint density at radius 2 is 2.31 bits per heavy atom. The van der Waals surface area contributed by atoms with Crippen LogP contribution in [0.3, 0.4) is 0 Å². The topological polar surface area (TPSA) is 64.0 Å². The molecule has 0 aliphatic heterocycles. The van der Waals surface area contributed by atoms with Crippen molar-refractivity contribution >= 4 is 15.8 Å². The van der Waals surface area contributed by atoms with Crippen molar-refractivity contribution < 1.29 is 8.42 Å². The summed E-state index contributed by atoms with van der Waals surface area (Å²) in [7, 11) is -1.05. The Morgan fingerprint density at radius 1 is 1.62 bits per heavy atom. The Morgan fingerprint density at radius 3 is 2.77 bits per heavy atom. The molecule has 0 aromatic carbocycles. The number of nitrogens with zero attached hydrogens (tertiary/aromatic N) is 2. The summed E-state index contributed by atoms with van der Waals surface area (Å²) in [6.07, 6.45) is 4.67. The highest BCUT2D eigenvalue weighted by molar-refractivity contribution is 7.90. The Hall–Kier alpha value is -1.04. The van der Waals surface area contributed by atoms with Crippen LogP contribution < -0.4 is 5.32 Å². The van der Waals surface area contributed by atoms with E-state index >= 15 is 0 Å². The molecule has 0 aliphatic rings. The van der Waals surface area contributed by atoms with Gasteiger partial charge in [0, 0.05) is 32.2 Å². The maximum absolute atomic E-state index is 10.8. The van der Waals surface area contributed by atoms with Crippen LogP contribution in [0.15, 0.2) is 12.4 Å². The van der Waals surface area contributed by atoms with Crippen molar-refractivity contribution in [2.24, 2.45) is 7.05 Å². The quantitative estimate of drug-likeness (QED) is 0.740. The van der Waals surface area contributed by atoms with E-state index in [1.165, 1.54) is 6.26 Å². The number of rotatable bonds is 4. The lowest BCUT2D eigenvalue weighted by Gasteiger charge is -2.03. The lowest BCUT2D eigenvalue weighted by molar-refractivity contribution is 0.602. The van der Waals surface area contributed by atoms with Crippen LogP contribution in [0.2, 0.25) is 0 Å². The number of nitrogens with one attached hydrogen (secondary N) is 1. The zero-order chi connectivity index (χ0) is 9.90. The number of aryl methyl sites for hydroxylation is 1. The molecule has 5 nitrogen and oxygen atoms in total. The minimum absolute atomic E-state index is 0.125. The molecule has 1 aromatic heterocycles. The molecule has 0 saturated heterocycles. The van der Waals surface area contributed by atoms with E-state index in [4.69, 9.17) is 0 Å². The van der Waals surface area contributed by atoms with Gasteiger partial charge >= 0.3 is 0 Å². The van der Waals surface area contributed by atoms with E-state index in [0.717, 1.165) is 0 Å². The normalized spacial score (nSPS) is 11.5. The molecule has 0 aliphatic carbocycles. The Labute approximate surface area is 77.7 Å². The van der Waals surface area contributed by atoms with E-state index in [1.807, 2.05) is 7.05 Å². The van der Waals surface area contributed by atoms with Crippen LogP contribution >= 0.6 is 0 Å². The maximum atomic E-state index is 10.8. The highest BCUT2D eigenvalue weighted by Gasteiger charge is 2.02. The minimum Gasteiger partial charge on any atom is -0.355 e. The summed E-state index contributed by atoms with van der Waals surface area (Å²) in [5, 5.41) is 2.92. The van der Waals surface area contributed by atoms with Crippen molar-refractivity contribution in [1.82, 2.24) is 9.55 Å². The van der Waals surface area contributed by atoms with E-state index < -0.39 is 9.84 Å². The zero-order valence-electron chi connectivity index (χ0n) is 7.69. The lowest BCUT2D eigenvalue weighted by Crippen LogP contribution is -2.15. The van der Waals surface area contributed by atoms with Crippen molar-refractivity contribution in [3.63, 3.8) is 0 Å². The fourth-order valence-electron chi connectivity index (χ4n) is 0.884. The summed E-state index contributed by atoms with van der Waals surface area (Å²) < 4.78 is 23.3. The molecule has 13 heavy (non-hydrogen) atoms. The molecule has 0 amide bonds. The average molecular weight is 203 g/mol. The van der Waals surface area contributed by atoms with Gasteiger partial charge in [-0.15, -0.1) is 0 Å². The number of anilines is 1. The van der Waals surface area contributed by atoms with Crippen LogP contribution in [0.4, 0.5) is 5.95 Å². The van der Waals surface area contributed by atoms with E-state index in [1.54, 1.807) is 17.0 Å². The Kier molecular flexibility index (Phi) is 2.92. The molecule has 1 rings (SSSR count). The summed E-state index contributed by atoms with van der Waals surface area (Å²) in [6, 6.07) is 0. The highest BCUT2D eigenvalue weighted by atomic mass is 32.2. The first kappa shape index (κ1) is 10.0. The van der Waals surface area contributed by atoms with Crippen LogP contribution in [-0.2, 0) is 16.9 Å². The first-order valence-electron chi connectivity index (χ1n) is 3.88. The largest absolute Gasteiger partial charge is 0.355 e. The van der Waals surface area contributed by atoms with Gasteiger partial charge < -0.3 is 9.88 Å². The van der Waals surface area contributed by atoms with Gasteiger partial charge in [0.1, 0.15) is 9.84 Å². The SMILES string of the molecule is Cn1ccnc1NCCS(C)(=O)=O. The van der Waals surface area contributed by atoms with Gasteiger partial charge in [-0.25, -0.2) is 13.4 Å². The summed E-state index contributed by atoms with van der Waals surface area (Å²) in [6.45, 7) is 0.393. The van der Waals surface area contributed by atoms with Crippen LogP contribution in [0.1, 0.15) is 0 Å². The predicted octanol–water partition coefficient (Wildman–Crippen LogP) is -0.123. The van der Waals surface area contributed by atoms with Crippen molar-refractivity contribution in [1.29, 1.82) is 0 Å². The molecular weight excluding hydrogens is 190 g/mol. The van der Waals surface area contributed by atoms with Gasteiger partial charge in [0.25, 0.3) is 0 Å². The van der Waals surface area contributed by atoms with Gasteiger partial charge in [-0.3, -0.25) is 0 Å². The standard InChI is InChI=1S/C7H13N3O2S/c1-10-5-3-8-7(10)9-4-6-13(2,11)12/h3,5H,4,6H2,1-2H3,(H,8,9). The van der Waals surface area contributed by atoms with E-state index in [-0.39, 0.29) is 5.75 Å².